The first kappa shape index (κ1) is 16.1. The Labute approximate surface area is 136 Å². The summed E-state index contributed by atoms with van der Waals surface area (Å²) >= 11 is 0. The molecule has 1 aromatic heterocycles. The van der Waals surface area contributed by atoms with Crippen molar-refractivity contribution in [3.8, 4) is 0 Å². The number of carbonyl (C=O) groups excluding carboxylic acids is 2. The highest BCUT2D eigenvalue weighted by atomic mass is 19.3. The lowest BCUT2D eigenvalue weighted by atomic mass is 10.1. The van der Waals surface area contributed by atoms with Crippen LogP contribution < -0.4 is 10.2 Å². The van der Waals surface area contributed by atoms with Gasteiger partial charge in [0.1, 0.15) is 11.4 Å². The third-order valence-corrected chi connectivity index (χ3v) is 3.89. The third kappa shape index (κ3) is 3.42. The third-order valence-electron chi connectivity index (χ3n) is 3.89. The number of carbonyl (C=O) groups is 2. The van der Waals surface area contributed by atoms with Gasteiger partial charge in [-0.05, 0) is 18.2 Å². The van der Waals surface area contributed by atoms with Crippen LogP contribution in [0, 0.1) is 5.92 Å². The standard InChI is InChI=1S/C16H16F2N4O2/c17-15(18)12-7-13(21-20-12)16(24)19-8-10-6-14(23)22(9-10)11-4-2-1-3-5-11/h1-5,7,10,15H,6,8-9H2,(H,19,24)(H,20,21). The second kappa shape index (κ2) is 6.77. The highest BCUT2D eigenvalue weighted by Gasteiger charge is 2.30. The predicted molar refractivity (Wildman–Crippen MR) is 82.8 cm³/mol. The molecule has 0 saturated carbocycles. The fraction of sp³-hybridized carbons (Fsp3) is 0.312. The van der Waals surface area contributed by atoms with Gasteiger partial charge in [0.05, 0.1) is 0 Å². The number of alkyl halides is 2. The Hall–Kier alpha value is -2.77. The SMILES string of the molecule is O=C(NCC1CC(=O)N(c2ccccc2)C1)c1cc(C(F)F)[nH]n1. The Morgan fingerprint density at radius 3 is 2.79 bits per heavy atom. The van der Waals surface area contributed by atoms with E-state index in [0.717, 1.165) is 11.8 Å². The molecule has 126 valence electrons. The van der Waals surface area contributed by atoms with Gasteiger partial charge in [-0.15, -0.1) is 0 Å². The number of H-pyrrole nitrogens is 1. The zero-order valence-electron chi connectivity index (χ0n) is 12.7. The maximum Gasteiger partial charge on any atom is 0.279 e. The van der Waals surface area contributed by atoms with E-state index in [9.17, 15) is 18.4 Å². The largest absolute Gasteiger partial charge is 0.350 e. The minimum absolute atomic E-state index is 0.000190. The molecule has 0 spiro atoms. The van der Waals surface area contributed by atoms with Crippen molar-refractivity contribution in [3.63, 3.8) is 0 Å². The van der Waals surface area contributed by atoms with Crippen LogP contribution in [0.1, 0.15) is 29.0 Å². The summed E-state index contributed by atoms with van der Waals surface area (Å²) in [7, 11) is 0. The Balaban J connectivity index is 1.55. The van der Waals surface area contributed by atoms with Crippen LogP contribution in [0.2, 0.25) is 0 Å². The molecule has 2 aromatic rings. The molecule has 1 atom stereocenters. The normalized spacial score (nSPS) is 17.5. The molecular formula is C16H16F2N4O2. The van der Waals surface area contributed by atoms with E-state index in [1.807, 2.05) is 30.3 Å². The maximum absolute atomic E-state index is 12.5. The Morgan fingerprint density at radius 1 is 1.38 bits per heavy atom. The number of amides is 2. The van der Waals surface area contributed by atoms with Crippen molar-refractivity contribution in [2.75, 3.05) is 18.0 Å². The summed E-state index contributed by atoms with van der Waals surface area (Å²) in [6, 6.07) is 10.3. The summed E-state index contributed by atoms with van der Waals surface area (Å²) in [5, 5.41) is 8.33. The van der Waals surface area contributed by atoms with E-state index in [1.54, 1.807) is 4.90 Å². The van der Waals surface area contributed by atoms with Gasteiger partial charge in [0.2, 0.25) is 5.91 Å². The second-order valence-corrected chi connectivity index (χ2v) is 5.63. The summed E-state index contributed by atoms with van der Waals surface area (Å²) in [5.41, 5.74) is 0.339. The highest BCUT2D eigenvalue weighted by Crippen LogP contribution is 2.24. The zero-order chi connectivity index (χ0) is 17.1. The number of nitrogens with one attached hydrogen (secondary N) is 2. The molecule has 24 heavy (non-hydrogen) atoms. The summed E-state index contributed by atoms with van der Waals surface area (Å²) in [4.78, 5) is 25.7. The first-order valence-electron chi connectivity index (χ1n) is 7.51. The molecule has 1 saturated heterocycles. The molecular weight excluding hydrogens is 318 g/mol. The first-order chi connectivity index (χ1) is 11.5. The molecule has 1 aliphatic rings. The van der Waals surface area contributed by atoms with E-state index in [-0.39, 0.29) is 24.1 Å². The average Bonchev–Trinajstić information content (AvgIpc) is 3.20. The minimum Gasteiger partial charge on any atom is -0.350 e. The van der Waals surface area contributed by atoms with Crippen LogP contribution in [0.5, 0.6) is 0 Å². The quantitative estimate of drug-likeness (QED) is 0.879. The van der Waals surface area contributed by atoms with Crippen molar-refractivity contribution < 1.29 is 18.4 Å². The Morgan fingerprint density at radius 2 is 2.12 bits per heavy atom. The number of hydrogen-bond acceptors (Lipinski definition) is 3. The van der Waals surface area contributed by atoms with E-state index in [2.05, 4.69) is 15.5 Å². The molecule has 3 rings (SSSR count). The molecule has 2 N–H and O–H groups in total. The number of benzene rings is 1. The molecule has 0 aliphatic carbocycles. The van der Waals surface area contributed by atoms with Crippen LogP contribution in [-0.2, 0) is 4.79 Å². The Kier molecular flexibility index (Phi) is 4.54. The molecule has 1 fully saturated rings. The van der Waals surface area contributed by atoms with Crippen molar-refractivity contribution in [1.29, 1.82) is 0 Å². The van der Waals surface area contributed by atoms with Gasteiger partial charge in [0, 0.05) is 31.1 Å². The second-order valence-electron chi connectivity index (χ2n) is 5.63. The zero-order valence-corrected chi connectivity index (χ0v) is 12.7. The number of aromatic amines is 1. The van der Waals surface area contributed by atoms with Crippen molar-refractivity contribution >= 4 is 17.5 Å². The smallest absolute Gasteiger partial charge is 0.279 e. The molecule has 0 bridgehead atoms. The van der Waals surface area contributed by atoms with Crippen LogP contribution >= 0.6 is 0 Å². The van der Waals surface area contributed by atoms with Crippen molar-refractivity contribution in [3.05, 3.63) is 47.8 Å². The predicted octanol–water partition coefficient (Wildman–Crippen LogP) is 2.13. The lowest BCUT2D eigenvalue weighted by Crippen LogP contribution is -2.31. The number of rotatable bonds is 5. The number of nitrogens with zero attached hydrogens (tertiary/aromatic N) is 2. The van der Waals surface area contributed by atoms with Crippen molar-refractivity contribution in [2.24, 2.45) is 5.92 Å². The molecule has 2 amide bonds. The number of anilines is 1. The van der Waals surface area contributed by atoms with E-state index < -0.39 is 18.0 Å². The van der Waals surface area contributed by atoms with Crippen LogP contribution in [0.3, 0.4) is 0 Å². The van der Waals surface area contributed by atoms with Crippen LogP contribution in [0.25, 0.3) is 0 Å². The monoisotopic (exact) mass is 334 g/mol. The van der Waals surface area contributed by atoms with Crippen LogP contribution in [0.4, 0.5) is 14.5 Å². The van der Waals surface area contributed by atoms with Crippen molar-refractivity contribution in [2.45, 2.75) is 12.8 Å². The van der Waals surface area contributed by atoms with E-state index in [1.165, 1.54) is 0 Å². The van der Waals surface area contributed by atoms with Crippen LogP contribution in [0.15, 0.2) is 36.4 Å². The molecule has 2 heterocycles. The summed E-state index contributed by atoms with van der Waals surface area (Å²) in [6.07, 6.45) is -2.37. The Bertz CT molecular complexity index is 733. The van der Waals surface area contributed by atoms with Gasteiger partial charge in [-0.3, -0.25) is 14.7 Å². The summed E-state index contributed by atoms with van der Waals surface area (Å²) < 4.78 is 25.0. The number of para-hydroxylation sites is 1. The average molecular weight is 334 g/mol. The molecule has 0 radical (unpaired) electrons. The molecule has 1 unspecified atom stereocenters. The van der Waals surface area contributed by atoms with E-state index >= 15 is 0 Å². The molecule has 8 heteroatoms. The fourth-order valence-electron chi connectivity index (χ4n) is 2.67. The topological polar surface area (TPSA) is 78.1 Å². The molecule has 1 aromatic carbocycles. The number of aromatic nitrogens is 2. The summed E-state index contributed by atoms with van der Waals surface area (Å²) in [5.74, 6) is -0.570. The van der Waals surface area contributed by atoms with Gasteiger partial charge >= 0.3 is 0 Å². The van der Waals surface area contributed by atoms with Crippen molar-refractivity contribution in [1.82, 2.24) is 15.5 Å². The van der Waals surface area contributed by atoms with Crippen LogP contribution in [-0.4, -0.2) is 35.1 Å². The number of hydrogen-bond donors (Lipinski definition) is 2. The first-order valence-corrected chi connectivity index (χ1v) is 7.51. The summed E-state index contributed by atoms with van der Waals surface area (Å²) in [6.45, 7) is 0.788. The van der Waals surface area contributed by atoms with Gasteiger partial charge in [0.25, 0.3) is 12.3 Å². The van der Waals surface area contributed by atoms with Gasteiger partial charge < -0.3 is 10.2 Å². The van der Waals surface area contributed by atoms with Gasteiger partial charge in [-0.1, -0.05) is 18.2 Å². The molecule has 1 aliphatic heterocycles. The van der Waals surface area contributed by atoms with Gasteiger partial charge in [-0.25, -0.2) is 8.78 Å². The lowest BCUT2D eigenvalue weighted by molar-refractivity contribution is -0.117. The maximum atomic E-state index is 12.5. The van der Waals surface area contributed by atoms with E-state index in [4.69, 9.17) is 0 Å². The molecule has 6 nitrogen and oxygen atoms in total. The minimum atomic E-state index is -2.70. The van der Waals surface area contributed by atoms with E-state index in [0.29, 0.717) is 13.0 Å². The van der Waals surface area contributed by atoms with Gasteiger partial charge in [0.15, 0.2) is 0 Å². The number of halogens is 2. The fourth-order valence-corrected chi connectivity index (χ4v) is 2.67. The highest BCUT2D eigenvalue weighted by molar-refractivity contribution is 5.96. The van der Waals surface area contributed by atoms with Gasteiger partial charge in [-0.2, -0.15) is 5.10 Å². The lowest BCUT2D eigenvalue weighted by Gasteiger charge is -2.16.